The largest absolute Gasteiger partial charge is 0.497 e. The Morgan fingerprint density at radius 2 is 1.81 bits per heavy atom. The highest BCUT2D eigenvalue weighted by Crippen LogP contribution is 2.32. The van der Waals surface area contributed by atoms with E-state index in [1.807, 2.05) is 0 Å². The molecule has 2 rings (SSSR count). The molecule has 0 aromatic heterocycles. The fraction of sp³-hybridized carbons (Fsp3) is 0.467. The molecule has 0 heterocycles. The maximum atomic E-state index is 12.1. The standard InChI is InChI=1S/C15H19NO5/c1-10(21-12-6-4-11(20-2)5-7-12)13(17)16-15(14(18)19)8-3-9-15/h4-7,10H,3,8-9H2,1-2H3,(H,16,17)(H,18,19). The van der Waals surface area contributed by atoms with Gasteiger partial charge in [-0.2, -0.15) is 0 Å². The Balaban J connectivity index is 1.94. The van der Waals surface area contributed by atoms with E-state index in [2.05, 4.69) is 5.32 Å². The number of nitrogens with one attached hydrogen (secondary N) is 1. The van der Waals surface area contributed by atoms with Crippen LogP contribution < -0.4 is 14.8 Å². The molecule has 6 nitrogen and oxygen atoms in total. The van der Waals surface area contributed by atoms with Crippen molar-refractivity contribution in [1.82, 2.24) is 5.32 Å². The summed E-state index contributed by atoms with van der Waals surface area (Å²) in [4.78, 5) is 23.3. The number of hydrogen-bond acceptors (Lipinski definition) is 4. The minimum atomic E-state index is -1.12. The Hall–Kier alpha value is -2.24. The Bertz CT molecular complexity index is 521. The molecule has 1 aromatic carbocycles. The van der Waals surface area contributed by atoms with Crippen LogP contribution in [0.4, 0.5) is 0 Å². The van der Waals surface area contributed by atoms with E-state index in [9.17, 15) is 14.7 Å². The Morgan fingerprint density at radius 1 is 1.24 bits per heavy atom. The predicted molar refractivity (Wildman–Crippen MR) is 75.4 cm³/mol. The zero-order valence-corrected chi connectivity index (χ0v) is 12.1. The highest BCUT2D eigenvalue weighted by Gasteiger charge is 2.46. The van der Waals surface area contributed by atoms with Crippen molar-refractivity contribution in [2.75, 3.05) is 7.11 Å². The number of carboxylic acid groups (broad SMARTS) is 1. The summed E-state index contributed by atoms with van der Waals surface area (Å²) >= 11 is 0. The van der Waals surface area contributed by atoms with Gasteiger partial charge in [-0.1, -0.05) is 0 Å². The summed E-state index contributed by atoms with van der Waals surface area (Å²) in [6.07, 6.45) is 0.961. The normalized spacial score (nSPS) is 17.2. The molecule has 1 unspecified atom stereocenters. The second-order valence-electron chi connectivity index (χ2n) is 5.17. The van der Waals surface area contributed by atoms with Crippen LogP contribution in [0.1, 0.15) is 26.2 Å². The van der Waals surface area contributed by atoms with Gasteiger partial charge in [0.15, 0.2) is 6.10 Å². The van der Waals surface area contributed by atoms with Crippen LogP contribution in [0.15, 0.2) is 24.3 Å². The highest BCUT2D eigenvalue weighted by atomic mass is 16.5. The average molecular weight is 293 g/mol. The topological polar surface area (TPSA) is 84.9 Å². The molecule has 1 aliphatic carbocycles. The first kappa shape index (κ1) is 15.2. The van der Waals surface area contributed by atoms with Gasteiger partial charge in [-0.3, -0.25) is 4.79 Å². The van der Waals surface area contributed by atoms with Crippen LogP contribution in [0.5, 0.6) is 11.5 Å². The molecule has 1 fully saturated rings. The van der Waals surface area contributed by atoms with Crippen LogP contribution in [0, 0.1) is 0 Å². The summed E-state index contributed by atoms with van der Waals surface area (Å²) in [6.45, 7) is 1.59. The number of methoxy groups -OCH3 is 1. The van der Waals surface area contributed by atoms with Crippen molar-refractivity contribution in [1.29, 1.82) is 0 Å². The van der Waals surface area contributed by atoms with Gasteiger partial charge in [-0.15, -0.1) is 0 Å². The molecule has 1 atom stereocenters. The van der Waals surface area contributed by atoms with Gasteiger partial charge in [0, 0.05) is 0 Å². The smallest absolute Gasteiger partial charge is 0.329 e. The third-order valence-electron chi connectivity index (χ3n) is 3.72. The van der Waals surface area contributed by atoms with Crippen LogP contribution in [0.25, 0.3) is 0 Å². The number of rotatable bonds is 6. The molecule has 1 amide bonds. The summed E-state index contributed by atoms with van der Waals surface area (Å²) in [5, 5.41) is 11.8. The van der Waals surface area contributed by atoms with E-state index < -0.39 is 23.5 Å². The molecule has 0 aliphatic heterocycles. The minimum absolute atomic E-state index is 0.423. The molecule has 1 aliphatic rings. The number of carboxylic acids is 1. The van der Waals surface area contributed by atoms with Gasteiger partial charge >= 0.3 is 5.97 Å². The third kappa shape index (κ3) is 3.26. The number of ether oxygens (including phenoxy) is 2. The van der Waals surface area contributed by atoms with Crippen molar-refractivity contribution in [2.24, 2.45) is 0 Å². The van der Waals surface area contributed by atoms with Gasteiger partial charge in [-0.05, 0) is 50.5 Å². The molecule has 6 heteroatoms. The van der Waals surface area contributed by atoms with Gasteiger partial charge in [0.25, 0.3) is 5.91 Å². The molecule has 0 radical (unpaired) electrons. The third-order valence-corrected chi connectivity index (χ3v) is 3.72. The van der Waals surface area contributed by atoms with E-state index in [4.69, 9.17) is 9.47 Å². The Labute approximate surface area is 123 Å². The van der Waals surface area contributed by atoms with Gasteiger partial charge in [-0.25, -0.2) is 4.79 Å². The minimum Gasteiger partial charge on any atom is -0.497 e. The summed E-state index contributed by atoms with van der Waals surface area (Å²) < 4.78 is 10.5. The summed E-state index contributed by atoms with van der Waals surface area (Å²) in [6, 6.07) is 6.84. The average Bonchev–Trinajstić information content (AvgIpc) is 2.42. The van der Waals surface area contributed by atoms with Crippen molar-refractivity contribution in [3.63, 3.8) is 0 Å². The van der Waals surface area contributed by atoms with E-state index in [-0.39, 0.29) is 0 Å². The second-order valence-corrected chi connectivity index (χ2v) is 5.17. The maximum Gasteiger partial charge on any atom is 0.329 e. The van der Waals surface area contributed by atoms with Crippen molar-refractivity contribution >= 4 is 11.9 Å². The molecule has 1 saturated carbocycles. The molecule has 21 heavy (non-hydrogen) atoms. The number of carbonyl (C=O) groups is 2. The maximum absolute atomic E-state index is 12.1. The molecule has 114 valence electrons. The van der Waals surface area contributed by atoms with E-state index in [0.29, 0.717) is 24.3 Å². The van der Waals surface area contributed by atoms with Crippen LogP contribution in [-0.2, 0) is 9.59 Å². The molecule has 0 bridgehead atoms. The van der Waals surface area contributed by atoms with Gasteiger partial charge in [0.05, 0.1) is 7.11 Å². The van der Waals surface area contributed by atoms with Crippen LogP contribution in [0.2, 0.25) is 0 Å². The summed E-state index contributed by atoms with van der Waals surface area (Å²) in [7, 11) is 1.57. The van der Waals surface area contributed by atoms with Gasteiger partial charge < -0.3 is 19.9 Å². The number of carbonyl (C=O) groups excluding carboxylic acids is 1. The number of amides is 1. The van der Waals surface area contributed by atoms with Crippen molar-refractivity contribution < 1.29 is 24.2 Å². The monoisotopic (exact) mass is 293 g/mol. The molecule has 1 aromatic rings. The van der Waals surface area contributed by atoms with Crippen LogP contribution in [-0.4, -0.2) is 35.7 Å². The first-order chi connectivity index (χ1) is 9.97. The second kappa shape index (κ2) is 6.03. The fourth-order valence-electron chi connectivity index (χ4n) is 2.17. The van der Waals surface area contributed by atoms with Gasteiger partial charge in [0.2, 0.25) is 0 Å². The van der Waals surface area contributed by atoms with E-state index >= 15 is 0 Å². The summed E-state index contributed by atoms with van der Waals surface area (Å²) in [5.41, 5.74) is -1.12. The molecule has 0 saturated heterocycles. The zero-order valence-electron chi connectivity index (χ0n) is 12.1. The Morgan fingerprint density at radius 3 is 2.24 bits per heavy atom. The summed E-state index contributed by atoms with van der Waals surface area (Å²) in [5.74, 6) is -0.193. The first-order valence-corrected chi connectivity index (χ1v) is 6.83. The van der Waals surface area contributed by atoms with Crippen LogP contribution in [0.3, 0.4) is 0 Å². The van der Waals surface area contributed by atoms with Crippen molar-refractivity contribution in [3.05, 3.63) is 24.3 Å². The predicted octanol–water partition coefficient (Wildman–Crippen LogP) is 1.59. The molecular formula is C15H19NO5. The Kier molecular flexibility index (Phi) is 4.35. The van der Waals surface area contributed by atoms with E-state index in [1.165, 1.54) is 0 Å². The fourth-order valence-corrected chi connectivity index (χ4v) is 2.17. The number of hydrogen-bond donors (Lipinski definition) is 2. The zero-order chi connectivity index (χ0) is 15.5. The lowest BCUT2D eigenvalue weighted by Crippen LogP contribution is -2.61. The first-order valence-electron chi connectivity index (χ1n) is 6.83. The lowest BCUT2D eigenvalue weighted by Gasteiger charge is -2.38. The van der Waals surface area contributed by atoms with E-state index in [1.54, 1.807) is 38.3 Å². The van der Waals surface area contributed by atoms with Crippen molar-refractivity contribution in [2.45, 2.75) is 37.8 Å². The van der Waals surface area contributed by atoms with Crippen LogP contribution >= 0.6 is 0 Å². The molecule has 0 spiro atoms. The lowest BCUT2D eigenvalue weighted by molar-refractivity contribution is -0.152. The quantitative estimate of drug-likeness (QED) is 0.832. The highest BCUT2D eigenvalue weighted by molar-refractivity contribution is 5.89. The van der Waals surface area contributed by atoms with E-state index in [0.717, 1.165) is 6.42 Å². The molecule has 2 N–H and O–H groups in total. The van der Waals surface area contributed by atoms with Crippen molar-refractivity contribution in [3.8, 4) is 11.5 Å². The lowest BCUT2D eigenvalue weighted by atomic mass is 9.76. The molecular weight excluding hydrogens is 274 g/mol. The SMILES string of the molecule is COc1ccc(OC(C)C(=O)NC2(C(=O)O)CCC2)cc1. The van der Waals surface area contributed by atoms with Gasteiger partial charge in [0.1, 0.15) is 17.0 Å². The number of aliphatic carboxylic acids is 1. The number of benzene rings is 1.